The Balaban J connectivity index is 2.15. The van der Waals surface area contributed by atoms with E-state index in [0.717, 1.165) is 26.2 Å². The molecule has 0 saturated carbocycles. The zero-order valence-electron chi connectivity index (χ0n) is 16.0. The second kappa shape index (κ2) is 8.57. The highest BCUT2D eigenvalue weighted by Gasteiger charge is 2.22. The third-order valence-corrected chi connectivity index (χ3v) is 6.62. The SMILES string of the molecule is CCSc1nnc(NC(=O)CN(c2ccc(C(C)(C)C)cc2)S(C)(=O)=O)s1. The second-order valence-corrected chi connectivity index (χ2v) is 11.3. The molecule has 148 valence electrons. The van der Waals surface area contributed by atoms with Gasteiger partial charge in [-0.25, -0.2) is 8.42 Å². The fourth-order valence-electron chi connectivity index (χ4n) is 2.26. The van der Waals surface area contributed by atoms with E-state index in [4.69, 9.17) is 0 Å². The topological polar surface area (TPSA) is 92.3 Å². The van der Waals surface area contributed by atoms with Crippen LogP contribution in [0.15, 0.2) is 28.6 Å². The Morgan fingerprint density at radius 2 is 1.85 bits per heavy atom. The van der Waals surface area contributed by atoms with Gasteiger partial charge in [0.1, 0.15) is 6.54 Å². The maximum Gasteiger partial charge on any atom is 0.246 e. The van der Waals surface area contributed by atoms with Gasteiger partial charge in [0, 0.05) is 0 Å². The summed E-state index contributed by atoms with van der Waals surface area (Å²) in [5.41, 5.74) is 1.48. The summed E-state index contributed by atoms with van der Waals surface area (Å²) < 4.78 is 26.3. The highest BCUT2D eigenvalue weighted by molar-refractivity contribution is 8.01. The van der Waals surface area contributed by atoms with Crippen LogP contribution in [0.1, 0.15) is 33.3 Å². The Morgan fingerprint density at radius 1 is 1.22 bits per heavy atom. The molecule has 0 spiro atoms. The predicted molar refractivity (Wildman–Crippen MR) is 112 cm³/mol. The lowest BCUT2D eigenvalue weighted by molar-refractivity contribution is -0.114. The van der Waals surface area contributed by atoms with Crippen LogP contribution in [0, 0.1) is 0 Å². The van der Waals surface area contributed by atoms with Crippen LogP contribution >= 0.6 is 23.1 Å². The van der Waals surface area contributed by atoms with Crippen molar-refractivity contribution in [3.05, 3.63) is 29.8 Å². The van der Waals surface area contributed by atoms with Gasteiger partial charge in [-0.2, -0.15) is 0 Å². The van der Waals surface area contributed by atoms with Gasteiger partial charge >= 0.3 is 0 Å². The smallest absolute Gasteiger partial charge is 0.246 e. The molecule has 1 N–H and O–H groups in total. The van der Waals surface area contributed by atoms with E-state index in [1.54, 1.807) is 12.1 Å². The van der Waals surface area contributed by atoms with E-state index < -0.39 is 15.9 Å². The van der Waals surface area contributed by atoms with E-state index in [-0.39, 0.29) is 12.0 Å². The van der Waals surface area contributed by atoms with Gasteiger partial charge in [-0.15, -0.1) is 10.2 Å². The number of hydrogen-bond acceptors (Lipinski definition) is 7. The van der Waals surface area contributed by atoms with Crippen LogP contribution in [-0.2, 0) is 20.2 Å². The zero-order chi connectivity index (χ0) is 20.2. The average molecular weight is 429 g/mol. The van der Waals surface area contributed by atoms with E-state index in [2.05, 4.69) is 36.3 Å². The molecule has 0 bridgehead atoms. The minimum atomic E-state index is -3.62. The molecule has 1 aromatic heterocycles. The number of anilines is 2. The van der Waals surface area contributed by atoms with Crippen molar-refractivity contribution in [2.75, 3.05) is 28.2 Å². The van der Waals surface area contributed by atoms with Gasteiger partial charge in [-0.1, -0.05) is 62.9 Å². The van der Waals surface area contributed by atoms with Crippen molar-refractivity contribution in [2.24, 2.45) is 0 Å². The number of hydrogen-bond donors (Lipinski definition) is 1. The van der Waals surface area contributed by atoms with Crippen LogP contribution in [0.25, 0.3) is 0 Å². The Kier molecular flexibility index (Phi) is 6.87. The normalized spacial score (nSPS) is 12.0. The maximum atomic E-state index is 12.4. The number of carbonyl (C=O) groups is 1. The molecule has 1 aromatic carbocycles. The molecule has 0 unspecified atom stereocenters. The monoisotopic (exact) mass is 428 g/mol. The average Bonchev–Trinajstić information content (AvgIpc) is 2.98. The summed E-state index contributed by atoms with van der Waals surface area (Å²) >= 11 is 2.79. The minimum Gasteiger partial charge on any atom is -0.299 e. The Labute approximate surface area is 168 Å². The third kappa shape index (κ3) is 6.18. The molecule has 0 aliphatic rings. The van der Waals surface area contributed by atoms with Gasteiger partial charge in [0.25, 0.3) is 0 Å². The lowest BCUT2D eigenvalue weighted by Crippen LogP contribution is -2.37. The second-order valence-electron chi connectivity index (χ2n) is 6.92. The molecule has 0 saturated heterocycles. The quantitative estimate of drug-likeness (QED) is 0.537. The van der Waals surface area contributed by atoms with Crippen molar-refractivity contribution in [2.45, 2.75) is 37.4 Å². The number of rotatable bonds is 7. The fourth-order valence-corrected chi connectivity index (χ4v) is 4.78. The van der Waals surface area contributed by atoms with Crippen LogP contribution < -0.4 is 9.62 Å². The molecule has 0 aliphatic heterocycles. The van der Waals surface area contributed by atoms with Gasteiger partial charge in [0.15, 0.2) is 4.34 Å². The minimum absolute atomic E-state index is 0.0438. The van der Waals surface area contributed by atoms with Crippen molar-refractivity contribution in [1.29, 1.82) is 0 Å². The third-order valence-electron chi connectivity index (χ3n) is 3.63. The first kappa shape index (κ1) is 21.6. The van der Waals surface area contributed by atoms with Gasteiger partial charge in [0.05, 0.1) is 11.9 Å². The molecule has 2 aromatic rings. The number of benzene rings is 1. The molecule has 0 fully saturated rings. The van der Waals surface area contributed by atoms with Crippen LogP contribution in [0.2, 0.25) is 0 Å². The first-order valence-corrected chi connectivity index (χ1v) is 12.0. The summed E-state index contributed by atoms with van der Waals surface area (Å²) in [6, 6.07) is 7.19. The molecule has 7 nitrogen and oxygen atoms in total. The van der Waals surface area contributed by atoms with Crippen molar-refractivity contribution in [3.8, 4) is 0 Å². The summed E-state index contributed by atoms with van der Waals surface area (Å²) in [5.74, 6) is 0.388. The molecule has 0 aliphatic carbocycles. The summed E-state index contributed by atoms with van der Waals surface area (Å²) in [4.78, 5) is 12.4. The highest BCUT2D eigenvalue weighted by Crippen LogP contribution is 2.27. The van der Waals surface area contributed by atoms with Gasteiger partial charge in [-0.05, 0) is 28.9 Å². The lowest BCUT2D eigenvalue weighted by atomic mass is 9.87. The maximum absolute atomic E-state index is 12.4. The number of nitrogens with one attached hydrogen (secondary N) is 1. The highest BCUT2D eigenvalue weighted by atomic mass is 32.2. The van der Waals surface area contributed by atoms with E-state index in [0.29, 0.717) is 10.8 Å². The number of nitrogens with zero attached hydrogens (tertiary/aromatic N) is 3. The molecule has 2 rings (SSSR count). The number of aromatic nitrogens is 2. The first-order valence-electron chi connectivity index (χ1n) is 8.35. The summed E-state index contributed by atoms with van der Waals surface area (Å²) in [7, 11) is -3.62. The van der Waals surface area contributed by atoms with Crippen molar-refractivity contribution in [3.63, 3.8) is 0 Å². The Morgan fingerprint density at radius 3 is 2.37 bits per heavy atom. The number of sulfonamides is 1. The standard InChI is InChI=1S/C17H24N4O3S3/c1-6-25-16-20-19-15(26-16)18-14(22)11-21(27(5,23)24)13-9-7-12(8-10-13)17(2,3)4/h7-10H,6,11H2,1-5H3,(H,18,19,22). The van der Waals surface area contributed by atoms with Crippen LogP contribution in [0.4, 0.5) is 10.8 Å². The summed E-state index contributed by atoms with van der Waals surface area (Å²) in [6.07, 6.45) is 1.08. The van der Waals surface area contributed by atoms with Crippen molar-refractivity contribution < 1.29 is 13.2 Å². The Bertz CT molecular complexity index is 887. The van der Waals surface area contributed by atoms with Crippen LogP contribution in [0.5, 0.6) is 0 Å². The largest absolute Gasteiger partial charge is 0.299 e. The predicted octanol–water partition coefficient (Wildman–Crippen LogP) is 3.35. The molecule has 0 atom stereocenters. The molecule has 27 heavy (non-hydrogen) atoms. The lowest BCUT2D eigenvalue weighted by Gasteiger charge is -2.24. The van der Waals surface area contributed by atoms with E-state index in [1.165, 1.54) is 23.1 Å². The zero-order valence-corrected chi connectivity index (χ0v) is 18.5. The molecule has 1 heterocycles. The molecular weight excluding hydrogens is 404 g/mol. The van der Waals surface area contributed by atoms with Crippen LogP contribution in [0.3, 0.4) is 0 Å². The Hall–Kier alpha value is -1.65. The van der Waals surface area contributed by atoms with Gasteiger partial charge in [0.2, 0.25) is 21.1 Å². The summed E-state index contributed by atoms with van der Waals surface area (Å²) in [6.45, 7) is 7.91. The van der Waals surface area contributed by atoms with Crippen LogP contribution in [-0.4, -0.2) is 43.1 Å². The van der Waals surface area contributed by atoms with Crippen molar-refractivity contribution in [1.82, 2.24) is 10.2 Å². The fraction of sp³-hybridized carbons (Fsp3) is 0.471. The molecule has 0 radical (unpaired) electrons. The number of thioether (sulfide) groups is 1. The van der Waals surface area contributed by atoms with Crippen molar-refractivity contribution >= 4 is 49.8 Å². The summed E-state index contributed by atoms with van der Waals surface area (Å²) in [5, 5.41) is 10.8. The van der Waals surface area contributed by atoms with Gasteiger partial charge in [-0.3, -0.25) is 14.4 Å². The molecule has 1 amide bonds. The number of carbonyl (C=O) groups excluding carboxylic acids is 1. The molecule has 10 heteroatoms. The van der Waals surface area contributed by atoms with E-state index in [1.807, 2.05) is 19.1 Å². The number of amides is 1. The molecular formula is C17H24N4O3S3. The first-order chi connectivity index (χ1) is 12.5. The van der Waals surface area contributed by atoms with E-state index >= 15 is 0 Å². The van der Waals surface area contributed by atoms with Gasteiger partial charge < -0.3 is 0 Å². The van der Waals surface area contributed by atoms with E-state index in [9.17, 15) is 13.2 Å².